The van der Waals surface area contributed by atoms with Gasteiger partial charge < -0.3 is 14.4 Å². The molecule has 0 bridgehead atoms. The molecule has 0 aliphatic carbocycles. The first kappa shape index (κ1) is 21.7. The van der Waals surface area contributed by atoms with Crippen LogP contribution in [0.4, 0.5) is 0 Å². The largest absolute Gasteiger partial charge is 0.462 e. The summed E-state index contributed by atoms with van der Waals surface area (Å²) >= 11 is 0. The number of carbonyl (C=O) groups is 2. The van der Waals surface area contributed by atoms with Crippen LogP contribution in [0.2, 0.25) is 0 Å². The van der Waals surface area contributed by atoms with Crippen LogP contribution >= 0.6 is 0 Å². The summed E-state index contributed by atoms with van der Waals surface area (Å²) in [6.45, 7) is 10.4. The Bertz CT molecular complexity index is 763. The smallest absolute Gasteiger partial charge is 0.336 e. The maximum atomic E-state index is 13.0. The van der Waals surface area contributed by atoms with Crippen molar-refractivity contribution < 1.29 is 19.1 Å². The van der Waals surface area contributed by atoms with Gasteiger partial charge in [-0.15, -0.1) is 0 Å². The van der Waals surface area contributed by atoms with Crippen LogP contribution in [-0.4, -0.2) is 37.1 Å². The molecular weight excluding hydrogens is 354 g/mol. The minimum Gasteiger partial charge on any atom is -0.462 e. The second kappa shape index (κ2) is 9.58. The summed E-state index contributed by atoms with van der Waals surface area (Å²) < 4.78 is 11.0. The molecule has 2 rings (SSSR count). The summed E-state index contributed by atoms with van der Waals surface area (Å²) in [6, 6.07) is 7.90. The lowest BCUT2D eigenvalue weighted by molar-refractivity contribution is -0.140. The van der Waals surface area contributed by atoms with Gasteiger partial charge >= 0.3 is 11.9 Å². The monoisotopic (exact) mass is 385 g/mol. The number of aryl methyl sites for hydroxylation is 1. The van der Waals surface area contributed by atoms with Crippen molar-refractivity contribution in [2.45, 2.75) is 53.4 Å². The molecule has 28 heavy (non-hydrogen) atoms. The highest BCUT2D eigenvalue weighted by Gasteiger charge is 2.39. The van der Waals surface area contributed by atoms with Gasteiger partial charge in [-0.1, -0.05) is 43.7 Å². The van der Waals surface area contributed by atoms with E-state index in [-0.39, 0.29) is 11.9 Å². The van der Waals surface area contributed by atoms with E-state index in [1.165, 1.54) is 0 Å². The highest BCUT2D eigenvalue weighted by molar-refractivity contribution is 5.99. The Kier molecular flexibility index (Phi) is 7.44. The van der Waals surface area contributed by atoms with Crippen molar-refractivity contribution in [3.8, 4) is 0 Å². The summed E-state index contributed by atoms with van der Waals surface area (Å²) in [5.74, 6) is -1.28. The zero-order chi connectivity index (χ0) is 20.8. The van der Waals surface area contributed by atoms with Gasteiger partial charge in [0.15, 0.2) is 0 Å². The van der Waals surface area contributed by atoms with Crippen LogP contribution in [0.15, 0.2) is 46.8 Å². The van der Waals surface area contributed by atoms with Crippen molar-refractivity contribution in [1.82, 2.24) is 4.90 Å². The number of benzene rings is 1. The topological polar surface area (TPSA) is 55.8 Å². The van der Waals surface area contributed by atoms with E-state index in [2.05, 4.69) is 0 Å². The van der Waals surface area contributed by atoms with Gasteiger partial charge in [-0.3, -0.25) is 0 Å². The van der Waals surface area contributed by atoms with Crippen LogP contribution in [0.1, 0.15) is 57.6 Å². The van der Waals surface area contributed by atoms with Crippen molar-refractivity contribution >= 4 is 11.9 Å². The predicted octanol–water partition coefficient (Wildman–Crippen LogP) is 4.48. The molecule has 1 aromatic carbocycles. The van der Waals surface area contributed by atoms with Crippen LogP contribution < -0.4 is 0 Å². The van der Waals surface area contributed by atoms with Crippen molar-refractivity contribution in [2.75, 3.05) is 20.3 Å². The Morgan fingerprint density at radius 1 is 0.929 bits per heavy atom. The van der Waals surface area contributed by atoms with E-state index in [4.69, 9.17) is 9.47 Å². The van der Waals surface area contributed by atoms with Crippen LogP contribution in [0.3, 0.4) is 0 Å². The predicted molar refractivity (Wildman–Crippen MR) is 110 cm³/mol. The molecule has 0 fully saturated rings. The van der Waals surface area contributed by atoms with Gasteiger partial charge in [0.05, 0.1) is 30.3 Å². The Hall–Kier alpha value is -2.56. The number of hydrogen-bond donors (Lipinski definition) is 0. The normalized spacial score (nSPS) is 15.1. The van der Waals surface area contributed by atoms with Gasteiger partial charge in [0.1, 0.15) is 0 Å². The average Bonchev–Trinajstić information content (AvgIpc) is 2.68. The van der Waals surface area contributed by atoms with E-state index in [0.29, 0.717) is 24.4 Å². The standard InChI is InChI=1S/C23H31NO4/c1-7-12-27-22(25)19-16(4)24(6)17(5)20(23(26)28-13-8-2)21(19)18-11-9-10-15(3)14-18/h9-11,14,21H,7-8,12-13H2,1-6H3. The number of nitrogens with zero attached hydrogens (tertiary/aromatic N) is 1. The fourth-order valence-corrected chi connectivity index (χ4v) is 3.43. The minimum absolute atomic E-state index is 0.345. The maximum absolute atomic E-state index is 13.0. The fraction of sp³-hybridized carbons (Fsp3) is 0.478. The first-order chi connectivity index (χ1) is 13.3. The quantitative estimate of drug-likeness (QED) is 0.648. The third-order valence-electron chi connectivity index (χ3n) is 5.05. The van der Waals surface area contributed by atoms with Crippen molar-refractivity contribution in [1.29, 1.82) is 0 Å². The van der Waals surface area contributed by atoms with E-state index < -0.39 is 5.92 Å². The zero-order valence-electron chi connectivity index (χ0n) is 17.8. The van der Waals surface area contributed by atoms with Crippen LogP contribution in [0.25, 0.3) is 0 Å². The number of hydrogen-bond acceptors (Lipinski definition) is 5. The maximum Gasteiger partial charge on any atom is 0.336 e. The second-order valence-electron chi connectivity index (χ2n) is 7.18. The number of esters is 2. The lowest BCUT2D eigenvalue weighted by Gasteiger charge is -2.35. The molecule has 152 valence electrons. The molecule has 0 unspecified atom stereocenters. The van der Waals surface area contributed by atoms with Gasteiger partial charge in [-0.25, -0.2) is 9.59 Å². The molecule has 1 aliphatic rings. The third kappa shape index (κ3) is 4.46. The van der Waals surface area contributed by atoms with Crippen molar-refractivity contribution in [2.24, 2.45) is 0 Å². The Labute approximate surface area is 168 Å². The minimum atomic E-state index is -0.509. The molecule has 1 aliphatic heterocycles. The average molecular weight is 386 g/mol. The lowest BCUT2D eigenvalue weighted by atomic mass is 9.79. The Morgan fingerprint density at radius 2 is 1.43 bits per heavy atom. The van der Waals surface area contributed by atoms with E-state index >= 15 is 0 Å². The molecule has 0 amide bonds. The molecule has 0 saturated heterocycles. The highest BCUT2D eigenvalue weighted by atomic mass is 16.5. The molecular formula is C23H31NO4. The molecule has 5 heteroatoms. The second-order valence-corrected chi connectivity index (χ2v) is 7.18. The fourth-order valence-electron chi connectivity index (χ4n) is 3.43. The highest BCUT2D eigenvalue weighted by Crippen LogP contribution is 2.42. The van der Waals surface area contributed by atoms with Gasteiger partial charge in [-0.05, 0) is 39.2 Å². The number of carbonyl (C=O) groups excluding carboxylic acids is 2. The van der Waals surface area contributed by atoms with Gasteiger partial charge in [-0.2, -0.15) is 0 Å². The SMILES string of the molecule is CCCOC(=O)C1=C(C)N(C)C(C)=C(C(=O)OCCC)C1c1cccc(C)c1. The summed E-state index contributed by atoms with van der Waals surface area (Å²) in [4.78, 5) is 27.9. The molecule has 5 nitrogen and oxygen atoms in total. The van der Waals surface area contributed by atoms with Gasteiger partial charge in [0.2, 0.25) is 0 Å². The Morgan fingerprint density at radius 3 is 1.86 bits per heavy atom. The van der Waals surface area contributed by atoms with E-state index in [1.54, 1.807) is 0 Å². The first-order valence-corrected chi connectivity index (χ1v) is 9.89. The number of allylic oxidation sites excluding steroid dienone is 2. The summed E-state index contributed by atoms with van der Waals surface area (Å²) in [5, 5.41) is 0. The summed E-state index contributed by atoms with van der Waals surface area (Å²) in [5.41, 5.74) is 4.52. The number of ether oxygens (including phenoxy) is 2. The van der Waals surface area contributed by atoms with Crippen LogP contribution in [0, 0.1) is 6.92 Å². The molecule has 0 N–H and O–H groups in total. The van der Waals surface area contributed by atoms with Gasteiger partial charge in [0.25, 0.3) is 0 Å². The first-order valence-electron chi connectivity index (χ1n) is 9.89. The summed E-state index contributed by atoms with van der Waals surface area (Å²) in [7, 11) is 1.86. The van der Waals surface area contributed by atoms with E-state index in [1.807, 2.05) is 70.8 Å². The molecule has 0 spiro atoms. The Balaban J connectivity index is 2.64. The van der Waals surface area contributed by atoms with Crippen LogP contribution in [0.5, 0.6) is 0 Å². The molecule has 0 radical (unpaired) electrons. The third-order valence-corrected chi connectivity index (χ3v) is 5.05. The van der Waals surface area contributed by atoms with Gasteiger partial charge in [0, 0.05) is 18.4 Å². The lowest BCUT2D eigenvalue weighted by Crippen LogP contribution is -2.33. The molecule has 0 atom stereocenters. The van der Waals surface area contributed by atoms with Crippen molar-refractivity contribution in [3.63, 3.8) is 0 Å². The van der Waals surface area contributed by atoms with Crippen molar-refractivity contribution in [3.05, 3.63) is 57.9 Å². The summed E-state index contributed by atoms with van der Waals surface area (Å²) in [6.07, 6.45) is 1.48. The molecule has 1 heterocycles. The van der Waals surface area contributed by atoms with E-state index in [0.717, 1.165) is 35.4 Å². The molecule has 0 saturated carbocycles. The zero-order valence-corrected chi connectivity index (χ0v) is 17.8. The van der Waals surface area contributed by atoms with E-state index in [9.17, 15) is 9.59 Å². The molecule has 0 aromatic heterocycles. The molecule has 1 aromatic rings. The van der Waals surface area contributed by atoms with Crippen LogP contribution in [-0.2, 0) is 19.1 Å². The number of rotatable bonds is 7.